The number of aliphatic hydroxyl groups excluding tert-OH is 1. The number of carboxylic acids is 1. The highest BCUT2D eigenvalue weighted by Gasteiger charge is 2.45. The largest absolute Gasteiger partial charge is 0.481 e. The number of unbranched alkanes of at least 4 members (excludes halogenated alkanes) is 3. The van der Waals surface area contributed by atoms with Crippen molar-refractivity contribution in [2.75, 3.05) is 0 Å². The monoisotopic (exact) mass is 452 g/mol. The topological polar surface area (TPSA) is 110 Å². The number of carbonyl (C=O) groups is 3. The summed E-state index contributed by atoms with van der Waals surface area (Å²) in [7, 11) is 0. The van der Waals surface area contributed by atoms with Crippen LogP contribution in [-0.4, -0.2) is 46.4 Å². The summed E-state index contributed by atoms with van der Waals surface area (Å²) in [6.45, 7) is 6.78. The van der Waals surface area contributed by atoms with Crippen molar-refractivity contribution in [3.05, 3.63) is 23.8 Å². The summed E-state index contributed by atoms with van der Waals surface area (Å²) in [5.74, 6) is -1.71. The lowest BCUT2D eigenvalue weighted by Gasteiger charge is -2.24. The van der Waals surface area contributed by atoms with Crippen LogP contribution < -0.4 is 0 Å². The lowest BCUT2D eigenvalue weighted by atomic mass is 9.87. The summed E-state index contributed by atoms with van der Waals surface area (Å²) >= 11 is 0. The molecule has 0 aromatic heterocycles. The maximum absolute atomic E-state index is 11.7. The zero-order valence-electron chi connectivity index (χ0n) is 19.9. The third-order valence-electron chi connectivity index (χ3n) is 5.75. The SMILES string of the molecule is CC(=O)O[C@H]1C[C@@H](OC(C)=O)[C@H](C=C[C@H](O)CCC=C(C)C)[C@H]1CCCCCCC(=O)O. The molecule has 1 fully saturated rings. The lowest BCUT2D eigenvalue weighted by molar-refractivity contribution is -0.149. The van der Waals surface area contributed by atoms with Gasteiger partial charge in [0.15, 0.2) is 0 Å². The van der Waals surface area contributed by atoms with Gasteiger partial charge in [0.25, 0.3) is 0 Å². The fourth-order valence-electron chi connectivity index (χ4n) is 4.32. The fourth-order valence-corrected chi connectivity index (χ4v) is 4.32. The highest BCUT2D eigenvalue weighted by Crippen LogP contribution is 2.41. The smallest absolute Gasteiger partial charge is 0.303 e. The molecule has 32 heavy (non-hydrogen) atoms. The highest BCUT2D eigenvalue weighted by molar-refractivity contribution is 5.67. The first-order valence-electron chi connectivity index (χ1n) is 11.7. The van der Waals surface area contributed by atoms with Crippen molar-refractivity contribution in [1.29, 1.82) is 0 Å². The van der Waals surface area contributed by atoms with E-state index in [0.29, 0.717) is 19.3 Å². The Morgan fingerprint density at radius 1 is 0.969 bits per heavy atom. The van der Waals surface area contributed by atoms with E-state index in [2.05, 4.69) is 6.08 Å². The molecule has 1 saturated carbocycles. The Hall–Kier alpha value is -2.15. The van der Waals surface area contributed by atoms with Gasteiger partial charge in [-0.1, -0.05) is 43.1 Å². The van der Waals surface area contributed by atoms with Gasteiger partial charge in [0, 0.05) is 38.5 Å². The van der Waals surface area contributed by atoms with Crippen LogP contribution in [0.25, 0.3) is 0 Å². The van der Waals surface area contributed by atoms with E-state index < -0.39 is 18.2 Å². The zero-order valence-corrected chi connectivity index (χ0v) is 19.9. The highest BCUT2D eigenvalue weighted by atomic mass is 16.6. The van der Waals surface area contributed by atoms with E-state index in [-0.39, 0.29) is 36.3 Å². The molecule has 7 heteroatoms. The maximum Gasteiger partial charge on any atom is 0.303 e. The molecule has 0 radical (unpaired) electrons. The molecule has 1 aliphatic carbocycles. The van der Waals surface area contributed by atoms with Crippen molar-refractivity contribution >= 4 is 17.9 Å². The molecule has 0 saturated heterocycles. The van der Waals surface area contributed by atoms with Crippen molar-refractivity contribution in [2.24, 2.45) is 11.8 Å². The van der Waals surface area contributed by atoms with Gasteiger partial charge in [-0.05, 0) is 39.5 Å². The Labute approximate surface area is 191 Å². The summed E-state index contributed by atoms with van der Waals surface area (Å²) in [6, 6.07) is 0. The number of esters is 2. The van der Waals surface area contributed by atoms with Crippen LogP contribution in [0.3, 0.4) is 0 Å². The second kappa shape index (κ2) is 14.8. The quantitative estimate of drug-likeness (QED) is 0.226. The summed E-state index contributed by atoms with van der Waals surface area (Å²) in [4.78, 5) is 34.0. The van der Waals surface area contributed by atoms with Crippen LogP contribution in [0, 0.1) is 11.8 Å². The number of aliphatic carboxylic acids is 1. The normalized spacial score (nSPS) is 23.7. The van der Waals surface area contributed by atoms with E-state index in [9.17, 15) is 19.5 Å². The first-order valence-corrected chi connectivity index (χ1v) is 11.7. The average Bonchev–Trinajstić information content (AvgIpc) is 2.96. The van der Waals surface area contributed by atoms with Gasteiger partial charge >= 0.3 is 17.9 Å². The van der Waals surface area contributed by atoms with Crippen molar-refractivity contribution in [3.8, 4) is 0 Å². The van der Waals surface area contributed by atoms with Crippen LogP contribution >= 0.6 is 0 Å². The average molecular weight is 453 g/mol. The second-order valence-electron chi connectivity index (χ2n) is 8.93. The molecule has 1 rings (SSSR count). The van der Waals surface area contributed by atoms with Gasteiger partial charge in [-0.3, -0.25) is 14.4 Å². The molecular weight excluding hydrogens is 412 g/mol. The van der Waals surface area contributed by atoms with Crippen LogP contribution in [0.1, 0.15) is 85.5 Å². The minimum absolute atomic E-state index is 0.0241. The molecule has 0 unspecified atom stereocenters. The summed E-state index contributed by atoms with van der Waals surface area (Å²) in [5, 5.41) is 19.1. The van der Waals surface area contributed by atoms with E-state index >= 15 is 0 Å². The fraction of sp³-hybridized carbons (Fsp3) is 0.720. The van der Waals surface area contributed by atoms with Gasteiger partial charge in [0.1, 0.15) is 12.2 Å². The number of hydrogen-bond acceptors (Lipinski definition) is 6. The number of rotatable bonds is 14. The number of allylic oxidation sites excluding steroid dienone is 2. The second-order valence-corrected chi connectivity index (χ2v) is 8.93. The zero-order chi connectivity index (χ0) is 24.1. The number of aliphatic hydroxyl groups is 1. The first kappa shape index (κ1) is 27.9. The van der Waals surface area contributed by atoms with Gasteiger partial charge < -0.3 is 19.7 Å². The molecule has 0 aromatic carbocycles. The Bertz CT molecular complexity index is 663. The van der Waals surface area contributed by atoms with Gasteiger partial charge in [-0.25, -0.2) is 0 Å². The van der Waals surface area contributed by atoms with E-state index in [0.717, 1.165) is 32.1 Å². The number of carbonyl (C=O) groups excluding carboxylic acids is 2. The van der Waals surface area contributed by atoms with Crippen molar-refractivity contribution < 1.29 is 34.1 Å². The molecule has 2 N–H and O–H groups in total. The molecule has 5 atom stereocenters. The molecule has 0 heterocycles. The van der Waals surface area contributed by atoms with Gasteiger partial charge in [-0.2, -0.15) is 0 Å². The third kappa shape index (κ3) is 11.5. The molecule has 0 bridgehead atoms. The lowest BCUT2D eigenvalue weighted by Crippen LogP contribution is -2.25. The number of ether oxygens (including phenoxy) is 2. The van der Waals surface area contributed by atoms with Crippen LogP contribution in [-0.2, 0) is 23.9 Å². The predicted molar refractivity (Wildman–Crippen MR) is 122 cm³/mol. The molecular formula is C25H40O7. The summed E-state index contributed by atoms with van der Waals surface area (Å²) < 4.78 is 11.1. The molecule has 0 aliphatic heterocycles. The Morgan fingerprint density at radius 3 is 2.19 bits per heavy atom. The standard InChI is InChI=1S/C25H40O7/c1-17(2)10-9-11-20(28)14-15-22-21(12-7-5-6-8-13-25(29)30)23(31-18(3)26)16-24(22)32-19(4)27/h10,14-15,20-24,28H,5-9,11-13,16H2,1-4H3,(H,29,30)/t20-,21-,22-,23+,24-/m1/s1. The molecule has 0 amide bonds. The summed E-state index contributed by atoms with van der Waals surface area (Å²) in [5.41, 5.74) is 1.21. The predicted octanol–water partition coefficient (Wildman–Crippen LogP) is 4.57. The van der Waals surface area contributed by atoms with Crippen LogP contribution in [0.5, 0.6) is 0 Å². The van der Waals surface area contributed by atoms with Crippen molar-refractivity contribution in [1.82, 2.24) is 0 Å². The minimum atomic E-state index is -0.784. The molecule has 7 nitrogen and oxygen atoms in total. The van der Waals surface area contributed by atoms with E-state index in [1.807, 2.05) is 19.9 Å². The van der Waals surface area contributed by atoms with Crippen LogP contribution in [0.15, 0.2) is 23.8 Å². The molecule has 182 valence electrons. The van der Waals surface area contributed by atoms with Gasteiger partial charge in [0.05, 0.1) is 6.10 Å². The van der Waals surface area contributed by atoms with E-state index in [4.69, 9.17) is 14.6 Å². The number of carboxylic acid groups (broad SMARTS) is 1. The van der Waals surface area contributed by atoms with Gasteiger partial charge in [-0.15, -0.1) is 0 Å². The van der Waals surface area contributed by atoms with Crippen LogP contribution in [0.2, 0.25) is 0 Å². The van der Waals surface area contributed by atoms with Crippen LogP contribution in [0.4, 0.5) is 0 Å². The molecule has 1 aliphatic rings. The summed E-state index contributed by atoms with van der Waals surface area (Å²) in [6.07, 6.45) is 10.4. The third-order valence-corrected chi connectivity index (χ3v) is 5.75. The minimum Gasteiger partial charge on any atom is -0.481 e. The molecule has 0 spiro atoms. The first-order chi connectivity index (χ1) is 15.1. The molecule has 0 aromatic rings. The van der Waals surface area contributed by atoms with Crippen molar-refractivity contribution in [2.45, 2.75) is 104 Å². The Morgan fingerprint density at radius 2 is 1.59 bits per heavy atom. The Balaban J connectivity index is 2.84. The van der Waals surface area contributed by atoms with E-state index in [1.165, 1.54) is 19.4 Å². The van der Waals surface area contributed by atoms with Gasteiger partial charge in [0.2, 0.25) is 0 Å². The van der Waals surface area contributed by atoms with E-state index in [1.54, 1.807) is 6.08 Å². The maximum atomic E-state index is 11.7. The van der Waals surface area contributed by atoms with Crippen molar-refractivity contribution in [3.63, 3.8) is 0 Å². The Kier molecular flexibility index (Phi) is 12.9. The number of hydrogen-bond donors (Lipinski definition) is 2.